The normalized spacial score (nSPS) is 10.6. The molecule has 1 aromatic heterocycles. The van der Waals surface area contributed by atoms with E-state index in [0.717, 1.165) is 17.4 Å². The van der Waals surface area contributed by atoms with Crippen molar-refractivity contribution in [3.8, 4) is 11.1 Å². The monoisotopic (exact) mass is 409 g/mol. The maximum absolute atomic E-state index is 13.3. The Hall–Kier alpha value is -2.41. The molecule has 0 radical (unpaired) electrons. The molecule has 26 heavy (non-hydrogen) atoms. The van der Waals surface area contributed by atoms with Gasteiger partial charge in [-0.15, -0.1) is 11.3 Å². The summed E-state index contributed by atoms with van der Waals surface area (Å²) in [6, 6.07) is 9.83. The molecule has 1 amide bonds. The number of carboxylic acids is 1. The van der Waals surface area contributed by atoms with Crippen molar-refractivity contribution in [3.63, 3.8) is 0 Å². The number of carboxylic acid groups (broad SMARTS) is 1. The molecule has 0 saturated carbocycles. The summed E-state index contributed by atoms with van der Waals surface area (Å²) in [4.78, 5) is 24.0. The van der Waals surface area contributed by atoms with Crippen LogP contribution in [0.25, 0.3) is 11.1 Å². The molecule has 1 heterocycles. The van der Waals surface area contributed by atoms with Crippen LogP contribution in [0.5, 0.6) is 0 Å². The topological polar surface area (TPSA) is 66.4 Å². The third-order valence-corrected chi connectivity index (χ3v) is 4.98. The first kappa shape index (κ1) is 18.4. The molecule has 0 unspecified atom stereocenters. The molecule has 4 nitrogen and oxygen atoms in total. The van der Waals surface area contributed by atoms with Crippen molar-refractivity contribution < 1.29 is 19.1 Å². The molecule has 132 valence electrons. The van der Waals surface area contributed by atoms with Crippen LogP contribution in [0.2, 0.25) is 10.0 Å². The van der Waals surface area contributed by atoms with E-state index in [4.69, 9.17) is 23.2 Å². The van der Waals surface area contributed by atoms with Gasteiger partial charge in [0.2, 0.25) is 0 Å². The van der Waals surface area contributed by atoms with Crippen LogP contribution in [-0.2, 0) is 0 Å². The number of hydrogen-bond acceptors (Lipinski definition) is 3. The second-order valence-corrected chi connectivity index (χ2v) is 6.97. The Bertz CT molecular complexity index is 1020. The van der Waals surface area contributed by atoms with Gasteiger partial charge in [0.15, 0.2) is 0 Å². The predicted octanol–water partition coefficient (Wildman–Crippen LogP) is 5.81. The lowest BCUT2D eigenvalue weighted by molar-refractivity contribution is 0.0699. The number of anilines is 1. The van der Waals surface area contributed by atoms with Gasteiger partial charge in [-0.3, -0.25) is 4.79 Å². The zero-order valence-corrected chi connectivity index (χ0v) is 15.3. The van der Waals surface area contributed by atoms with Crippen LogP contribution >= 0.6 is 34.5 Å². The van der Waals surface area contributed by atoms with Crippen LogP contribution in [0, 0.1) is 5.82 Å². The second-order valence-electron chi connectivity index (χ2n) is 5.25. The average Bonchev–Trinajstić information content (AvgIpc) is 2.98. The molecule has 3 rings (SSSR count). The zero-order valence-electron chi connectivity index (χ0n) is 12.9. The van der Waals surface area contributed by atoms with Gasteiger partial charge in [-0.1, -0.05) is 35.3 Å². The largest absolute Gasteiger partial charge is 0.478 e. The van der Waals surface area contributed by atoms with Crippen LogP contribution in [0.1, 0.15) is 20.7 Å². The Kier molecular flexibility index (Phi) is 5.27. The average molecular weight is 410 g/mol. The van der Waals surface area contributed by atoms with E-state index in [1.807, 2.05) is 0 Å². The molecule has 3 aromatic rings. The van der Waals surface area contributed by atoms with Crippen molar-refractivity contribution >= 4 is 51.4 Å². The Morgan fingerprint density at radius 3 is 2.50 bits per heavy atom. The number of nitrogens with one attached hydrogen (secondary N) is 1. The van der Waals surface area contributed by atoms with E-state index in [2.05, 4.69) is 5.32 Å². The summed E-state index contributed by atoms with van der Waals surface area (Å²) in [7, 11) is 0. The van der Waals surface area contributed by atoms with E-state index in [1.54, 1.807) is 17.5 Å². The molecule has 0 fully saturated rings. The van der Waals surface area contributed by atoms with Crippen molar-refractivity contribution in [2.24, 2.45) is 0 Å². The van der Waals surface area contributed by atoms with Crippen LogP contribution in [-0.4, -0.2) is 17.0 Å². The fourth-order valence-corrected chi connectivity index (χ4v) is 3.83. The van der Waals surface area contributed by atoms with E-state index in [9.17, 15) is 19.1 Å². The second kappa shape index (κ2) is 7.45. The van der Waals surface area contributed by atoms with Gasteiger partial charge in [0.05, 0.1) is 0 Å². The molecule has 8 heteroatoms. The third-order valence-electron chi connectivity index (χ3n) is 3.54. The minimum atomic E-state index is -1.22. The Morgan fingerprint density at radius 2 is 1.85 bits per heavy atom. The summed E-state index contributed by atoms with van der Waals surface area (Å²) in [5.74, 6) is -2.39. The standard InChI is InChI=1S/C18H10Cl2FNO3S/c19-10-4-5-12(14(20)7-10)13-8-26-17(15(13)18(24)25)22-16(23)9-2-1-3-11(21)6-9/h1-8H,(H,22,23)(H,24,25). The van der Waals surface area contributed by atoms with E-state index < -0.39 is 17.7 Å². The van der Waals surface area contributed by atoms with Gasteiger partial charge in [-0.2, -0.15) is 0 Å². The molecular formula is C18H10Cl2FNO3S. The van der Waals surface area contributed by atoms with Crippen LogP contribution < -0.4 is 5.32 Å². The van der Waals surface area contributed by atoms with Gasteiger partial charge < -0.3 is 10.4 Å². The number of rotatable bonds is 4. The number of amides is 1. The van der Waals surface area contributed by atoms with Crippen molar-refractivity contribution in [1.82, 2.24) is 0 Å². The minimum absolute atomic E-state index is 0.0841. The third kappa shape index (κ3) is 3.72. The lowest BCUT2D eigenvalue weighted by atomic mass is 10.0. The number of hydrogen-bond donors (Lipinski definition) is 2. The zero-order chi connectivity index (χ0) is 18.8. The highest BCUT2D eigenvalue weighted by atomic mass is 35.5. The van der Waals surface area contributed by atoms with Gasteiger partial charge in [-0.25, -0.2) is 9.18 Å². The molecular weight excluding hydrogens is 400 g/mol. The minimum Gasteiger partial charge on any atom is -0.478 e. The highest BCUT2D eigenvalue weighted by molar-refractivity contribution is 7.15. The highest BCUT2D eigenvalue weighted by Crippen LogP contribution is 2.39. The fraction of sp³-hybridized carbons (Fsp3) is 0. The fourth-order valence-electron chi connectivity index (χ4n) is 2.37. The molecule has 0 atom stereocenters. The maximum atomic E-state index is 13.3. The van der Waals surface area contributed by atoms with Crippen LogP contribution in [0.4, 0.5) is 9.39 Å². The van der Waals surface area contributed by atoms with Gasteiger partial charge in [0, 0.05) is 32.1 Å². The molecule has 2 aromatic carbocycles. The molecule has 0 aliphatic carbocycles. The lowest BCUT2D eigenvalue weighted by Gasteiger charge is -2.07. The smallest absolute Gasteiger partial charge is 0.339 e. The Labute approximate surface area is 161 Å². The molecule has 0 bridgehead atoms. The first-order chi connectivity index (χ1) is 12.4. The van der Waals surface area contributed by atoms with Gasteiger partial charge in [-0.05, 0) is 30.3 Å². The maximum Gasteiger partial charge on any atom is 0.339 e. The SMILES string of the molecule is O=C(Nc1scc(-c2ccc(Cl)cc2Cl)c1C(=O)O)c1cccc(F)c1. The summed E-state index contributed by atoms with van der Waals surface area (Å²) < 4.78 is 13.3. The number of carbonyl (C=O) groups excluding carboxylic acids is 1. The van der Waals surface area contributed by atoms with Crippen LogP contribution in [0.15, 0.2) is 47.8 Å². The molecule has 0 aliphatic heterocycles. The Balaban J connectivity index is 2.00. The number of thiophene rings is 1. The number of aromatic carboxylic acids is 1. The van der Waals surface area contributed by atoms with Crippen molar-refractivity contribution in [3.05, 3.63) is 74.8 Å². The molecule has 0 aliphatic rings. The summed E-state index contributed by atoms with van der Waals surface area (Å²) in [5.41, 5.74) is 0.833. The van der Waals surface area contributed by atoms with Crippen LogP contribution in [0.3, 0.4) is 0 Å². The number of benzene rings is 2. The quantitative estimate of drug-likeness (QED) is 0.570. The van der Waals surface area contributed by atoms with E-state index >= 15 is 0 Å². The van der Waals surface area contributed by atoms with Gasteiger partial charge >= 0.3 is 5.97 Å². The van der Waals surface area contributed by atoms with Gasteiger partial charge in [0.25, 0.3) is 5.91 Å². The lowest BCUT2D eigenvalue weighted by Crippen LogP contribution is -2.13. The van der Waals surface area contributed by atoms with E-state index in [-0.39, 0.29) is 16.1 Å². The summed E-state index contributed by atoms with van der Waals surface area (Å²) in [5, 5.41) is 14.5. The predicted molar refractivity (Wildman–Crippen MR) is 101 cm³/mol. The highest BCUT2D eigenvalue weighted by Gasteiger charge is 2.23. The number of halogens is 3. The summed E-state index contributed by atoms with van der Waals surface area (Å²) in [6.45, 7) is 0. The first-order valence-corrected chi connectivity index (χ1v) is 8.87. The van der Waals surface area contributed by atoms with Crippen molar-refractivity contribution in [1.29, 1.82) is 0 Å². The van der Waals surface area contributed by atoms with E-state index in [0.29, 0.717) is 21.2 Å². The molecule has 0 spiro atoms. The van der Waals surface area contributed by atoms with Crippen molar-refractivity contribution in [2.45, 2.75) is 0 Å². The first-order valence-electron chi connectivity index (χ1n) is 7.24. The Morgan fingerprint density at radius 1 is 1.08 bits per heavy atom. The molecule has 2 N–H and O–H groups in total. The van der Waals surface area contributed by atoms with E-state index in [1.165, 1.54) is 24.3 Å². The van der Waals surface area contributed by atoms with Gasteiger partial charge in [0.1, 0.15) is 16.4 Å². The summed E-state index contributed by atoms with van der Waals surface area (Å²) in [6.07, 6.45) is 0. The molecule has 0 saturated heterocycles. The summed E-state index contributed by atoms with van der Waals surface area (Å²) >= 11 is 13.1. The number of carbonyl (C=O) groups is 2. The van der Waals surface area contributed by atoms with Crippen molar-refractivity contribution in [2.75, 3.05) is 5.32 Å².